The molecule has 1 heterocycles. The first kappa shape index (κ1) is 24.7. The van der Waals surface area contributed by atoms with Crippen LogP contribution in [-0.2, 0) is 24.3 Å². The van der Waals surface area contributed by atoms with E-state index in [1.54, 1.807) is 43.3 Å². The molecular formula is C24H30N2O6S. The minimum absolute atomic E-state index is 0.170. The molecule has 1 N–H and O–H groups in total. The van der Waals surface area contributed by atoms with Crippen LogP contribution in [0, 0.1) is 6.92 Å². The van der Waals surface area contributed by atoms with E-state index in [1.165, 1.54) is 17.3 Å². The molecule has 2 aromatic rings. The summed E-state index contributed by atoms with van der Waals surface area (Å²) < 4.78 is 38.4. The van der Waals surface area contributed by atoms with Gasteiger partial charge in [0.15, 0.2) is 12.7 Å². The lowest BCUT2D eigenvalue weighted by atomic mass is 10.2. The zero-order chi connectivity index (χ0) is 23.8. The van der Waals surface area contributed by atoms with Gasteiger partial charge < -0.3 is 14.8 Å². The van der Waals surface area contributed by atoms with Crippen LogP contribution >= 0.6 is 0 Å². The molecule has 0 saturated carbocycles. The molecule has 1 amide bonds. The molecule has 0 aliphatic carbocycles. The van der Waals surface area contributed by atoms with E-state index in [-0.39, 0.29) is 4.90 Å². The summed E-state index contributed by atoms with van der Waals surface area (Å²) in [5, 5.41) is 2.60. The Labute approximate surface area is 194 Å². The van der Waals surface area contributed by atoms with Gasteiger partial charge in [-0.1, -0.05) is 37.1 Å². The largest absolute Gasteiger partial charge is 0.479 e. The molecule has 0 spiro atoms. The predicted octanol–water partition coefficient (Wildman–Crippen LogP) is 3.51. The Kier molecular flexibility index (Phi) is 8.46. The fourth-order valence-electron chi connectivity index (χ4n) is 3.58. The van der Waals surface area contributed by atoms with Crippen LogP contribution in [0.25, 0.3) is 0 Å². The molecule has 1 unspecified atom stereocenters. The van der Waals surface area contributed by atoms with Gasteiger partial charge in [0.25, 0.3) is 5.91 Å². The predicted molar refractivity (Wildman–Crippen MR) is 125 cm³/mol. The third kappa shape index (κ3) is 6.79. The number of nitrogens with zero attached hydrogens (tertiary/aromatic N) is 1. The first-order chi connectivity index (χ1) is 15.8. The number of amides is 1. The molecule has 0 radical (unpaired) electrons. The second-order valence-corrected chi connectivity index (χ2v) is 9.93. The Morgan fingerprint density at radius 1 is 1.03 bits per heavy atom. The molecule has 1 fully saturated rings. The van der Waals surface area contributed by atoms with Crippen LogP contribution in [0.3, 0.4) is 0 Å². The van der Waals surface area contributed by atoms with Gasteiger partial charge in [0.05, 0.1) is 4.90 Å². The average Bonchev–Trinajstić information content (AvgIpc) is 3.09. The number of anilines is 1. The fourth-order valence-corrected chi connectivity index (χ4v) is 5.35. The van der Waals surface area contributed by atoms with Crippen LogP contribution in [0.2, 0.25) is 0 Å². The first-order valence-electron chi connectivity index (χ1n) is 11.1. The van der Waals surface area contributed by atoms with Gasteiger partial charge in [-0.15, -0.1) is 0 Å². The van der Waals surface area contributed by atoms with Crippen LogP contribution in [0.1, 0.15) is 38.2 Å². The molecule has 9 heteroatoms. The molecule has 1 aliphatic rings. The molecule has 178 valence electrons. The third-order valence-corrected chi connectivity index (χ3v) is 7.43. The van der Waals surface area contributed by atoms with Crippen molar-refractivity contribution >= 4 is 27.6 Å². The van der Waals surface area contributed by atoms with Gasteiger partial charge in [-0.05, 0) is 56.5 Å². The maximum atomic E-state index is 13.2. The SMILES string of the molecule is Cc1ccc(NC(=O)COC(=O)C(C)Oc2ccccc2)cc1S(=O)(=O)N1CCCCCC1. The molecule has 1 saturated heterocycles. The summed E-state index contributed by atoms with van der Waals surface area (Å²) in [6.07, 6.45) is 2.84. The smallest absolute Gasteiger partial charge is 0.347 e. The van der Waals surface area contributed by atoms with Crippen LogP contribution in [0.15, 0.2) is 53.4 Å². The lowest BCUT2D eigenvalue weighted by Gasteiger charge is -2.21. The van der Waals surface area contributed by atoms with Gasteiger partial charge >= 0.3 is 5.97 Å². The molecule has 1 aliphatic heterocycles. The lowest BCUT2D eigenvalue weighted by Crippen LogP contribution is -2.32. The summed E-state index contributed by atoms with van der Waals surface area (Å²) in [5.41, 5.74) is 0.930. The third-order valence-electron chi connectivity index (χ3n) is 5.39. The summed E-state index contributed by atoms with van der Waals surface area (Å²) in [7, 11) is -3.66. The fraction of sp³-hybridized carbons (Fsp3) is 0.417. The zero-order valence-corrected chi connectivity index (χ0v) is 19.8. The molecule has 33 heavy (non-hydrogen) atoms. The molecule has 8 nitrogen and oxygen atoms in total. The molecule has 0 aromatic heterocycles. The van der Waals surface area contributed by atoms with Crippen molar-refractivity contribution in [3.05, 3.63) is 54.1 Å². The number of nitrogens with one attached hydrogen (secondary N) is 1. The van der Waals surface area contributed by atoms with Gasteiger partial charge in [-0.2, -0.15) is 4.31 Å². The molecule has 3 rings (SSSR count). The lowest BCUT2D eigenvalue weighted by molar-refractivity contribution is -0.153. The highest BCUT2D eigenvalue weighted by Gasteiger charge is 2.27. The Balaban J connectivity index is 1.59. The van der Waals surface area contributed by atoms with E-state index in [2.05, 4.69) is 5.32 Å². The van der Waals surface area contributed by atoms with Crippen LogP contribution in [0.4, 0.5) is 5.69 Å². The number of ether oxygens (including phenoxy) is 2. The van der Waals surface area contributed by atoms with Crippen molar-refractivity contribution in [2.75, 3.05) is 25.0 Å². The number of para-hydroxylation sites is 1. The second-order valence-electron chi connectivity index (χ2n) is 8.03. The van der Waals surface area contributed by atoms with E-state index in [9.17, 15) is 18.0 Å². The number of esters is 1. The van der Waals surface area contributed by atoms with Crippen LogP contribution in [-0.4, -0.2) is 50.4 Å². The second kappa shape index (κ2) is 11.3. The standard InChI is InChI=1S/C24H30N2O6S/c1-18-12-13-20(16-22(18)33(29,30)26-14-8-3-4-9-15-26)25-23(27)17-31-24(28)19(2)32-21-10-6-5-7-11-21/h5-7,10-13,16,19H,3-4,8-9,14-15,17H2,1-2H3,(H,25,27). The molecule has 0 bridgehead atoms. The maximum absolute atomic E-state index is 13.2. The Morgan fingerprint density at radius 3 is 2.36 bits per heavy atom. The van der Waals surface area contributed by atoms with Crippen molar-refractivity contribution in [3.8, 4) is 5.75 Å². The first-order valence-corrected chi connectivity index (χ1v) is 12.5. The van der Waals surface area contributed by atoms with E-state index in [0.29, 0.717) is 30.1 Å². The number of hydrogen-bond acceptors (Lipinski definition) is 6. The van der Waals surface area contributed by atoms with Gasteiger partial charge in [-0.3, -0.25) is 4.79 Å². The highest BCUT2D eigenvalue weighted by Crippen LogP contribution is 2.26. The molecule has 2 aromatic carbocycles. The van der Waals surface area contributed by atoms with Crippen molar-refractivity contribution in [1.82, 2.24) is 4.31 Å². The zero-order valence-electron chi connectivity index (χ0n) is 19.0. The van der Waals surface area contributed by atoms with Crippen LogP contribution in [0.5, 0.6) is 5.75 Å². The van der Waals surface area contributed by atoms with E-state index >= 15 is 0 Å². The Bertz CT molecular complexity index is 1060. The summed E-state index contributed by atoms with van der Waals surface area (Å²) in [6.45, 7) is 3.75. The van der Waals surface area contributed by atoms with Crippen molar-refractivity contribution in [1.29, 1.82) is 0 Å². The van der Waals surface area contributed by atoms with Crippen molar-refractivity contribution in [2.45, 2.75) is 50.5 Å². The topological polar surface area (TPSA) is 102 Å². The van der Waals surface area contributed by atoms with Gasteiger partial charge in [-0.25, -0.2) is 13.2 Å². The summed E-state index contributed by atoms with van der Waals surface area (Å²) in [4.78, 5) is 24.6. The van der Waals surface area contributed by atoms with E-state index in [1.807, 2.05) is 6.07 Å². The number of carbonyl (C=O) groups excluding carboxylic acids is 2. The normalized spacial score (nSPS) is 15.8. The summed E-state index contributed by atoms with van der Waals surface area (Å²) >= 11 is 0. The van der Waals surface area contributed by atoms with E-state index in [0.717, 1.165) is 25.7 Å². The number of hydrogen-bond donors (Lipinski definition) is 1. The van der Waals surface area contributed by atoms with Crippen molar-refractivity contribution in [3.63, 3.8) is 0 Å². The quantitative estimate of drug-likeness (QED) is 0.588. The van der Waals surface area contributed by atoms with Crippen LogP contribution < -0.4 is 10.1 Å². The Morgan fingerprint density at radius 2 is 1.70 bits per heavy atom. The van der Waals surface area contributed by atoms with E-state index in [4.69, 9.17) is 9.47 Å². The number of carbonyl (C=O) groups is 2. The van der Waals surface area contributed by atoms with Crippen molar-refractivity contribution < 1.29 is 27.5 Å². The molecular weight excluding hydrogens is 444 g/mol. The summed E-state index contributed by atoms with van der Waals surface area (Å²) in [6, 6.07) is 13.6. The Hall–Kier alpha value is -2.91. The number of rotatable bonds is 8. The average molecular weight is 475 g/mol. The highest BCUT2D eigenvalue weighted by atomic mass is 32.2. The van der Waals surface area contributed by atoms with Gasteiger partial charge in [0.2, 0.25) is 10.0 Å². The van der Waals surface area contributed by atoms with Gasteiger partial charge in [0, 0.05) is 18.8 Å². The maximum Gasteiger partial charge on any atom is 0.347 e. The number of sulfonamides is 1. The van der Waals surface area contributed by atoms with Gasteiger partial charge in [0.1, 0.15) is 5.75 Å². The van der Waals surface area contributed by atoms with Crippen molar-refractivity contribution in [2.24, 2.45) is 0 Å². The number of aryl methyl sites for hydroxylation is 1. The minimum Gasteiger partial charge on any atom is -0.479 e. The number of benzene rings is 2. The molecule has 1 atom stereocenters. The highest BCUT2D eigenvalue weighted by molar-refractivity contribution is 7.89. The summed E-state index contributed by atoms with van der Waals surface area (Å²) in [5.74, 6) is -0.733. The monoisotopic (exact) mass is 474 g/mol. The minimum atomic E-state index is -3.66. The van der Waals surface area contributed by atoms with E-state index < -0.39 is 34.6 Å².